The van der Waals surface area contributed by atoms with Crippen LogP contribution < -0.4 is 4.72 Å². The van der Waals surface area contributed by atoms with Crippen molar-refractivity contribution in [3.63, 3.8) is 0 Å². The highest BCUT2D eigenvalue weighted by Gasteiger charge is 2.16. The Morgan fingerprint density at radius 2 is 1.68 bits per heavy atom. The van der Waals surface area contributed by atoms with E-state index in [0.29, 0.717) is 5.76 Å². The molecule has 1 heterocycles. The van der Waals surface area contributed by atoms with Crippen LogP contribution in [0.3, 0.4) is 0 Å². The molecule has 0 aliphatic rings. The molecule has 1 aromatic heterocycles. The number of aromatic nitrogens is 1. The smallest absolute Gasteiger partial charge is 0.240 e. The minimum Gasteiger partial charge on any atom is -0.361 e. The maximum absolute atomic E-state index is 12.5. The summed E-state index contributed by atoms with van der Waals surface area (Å²) in [4.78, 5) is 0.233. The summed E-state index contributed by atoms with van der Waals surface area (Å²) in [6, 6.07) is 14.4. The molecule has 0 unspecified atom stereocenters. The van der Waals surface area contributed by atoms with E-state index in [4.69, 9.17) is 4.52 Å². The number of hydrogen-bond donors (Lipinski definition) is 1. The molecule has 0 fully saturated rings. The quantitative estimate of drug-likeness (QED) is 0.756. The molecule has 5 nitrogen and oxygen atoms in total. The molecule has 0 radical (unpaired) electrons. The fraction of sp³-hybridized carbons (Fsp3) is 0.211. The minimum atomic E-state index is -3.57. The molecule has 0 saturated carbocycles. The topological polar surface area (TPSA) is 72.2 Å². The normalized spacial score (nSPS) is 11.6. The summed E-state index contributed by atoms with van der Waals surface area (Å²) < 4.78 is 32.8. The number of nitrogens with one attached hydrogen (secondary N) is 1. The summed E-state index contributed by atoms with van der Waals surface area (Å²) in [7, 11) is -3.57. The molecule has 1 N–H and O–H groups in total. The summed E-state index contributed by atoms with van der Waals surface area (Å²) in [6.45, 7) is 5.92. The van der Waals surface area contributed by atoms with Crippen molar-refractivity contribution in [1.82, 2.24) is 9.88 Å². The zero-order valence-corrected chi connectivity index (χ0v) is 15.2. The Kier molecular flexibility index (Phi) is 4.74. The van der Waals surface area contributed by atoms with Gasteiger partial charge in [-0.25, -0.2) is 13.1 Å². The first-order chi connectivity index (χ1) is 11.9. The average molecular weight is 356 g/mol. The molecule has 3 aromatic rings. The van der Waals surface area contributed by atoms with Gasteiger partial charge in [0.25, 0.3) is 0 Å². The van der Waals surface area contributed by atoms with Gasteiger partial charge in [0.15, 0.2) is 0 Å². The van der Waals surface area contributed by atoms with Gasteiger partial charge < -0.3 is 4.52 Å². The Balaban J connectivity index is 1.80. The van der Waals surface area contributed by atoms with Gasteiger partial charge >= 0.3 is 0 Å². The second-order valence-electron chi connectivity index (χ2n) is 5.97. The zero-order valence-electron chi connectivity index (χ0n) is 14.4. The van der Waals surface area contributed by atoms with Gasteiger partial charge in [-0.2, -0.15) is 0 Å². The molecule has 0 amide bonds. The molecule has 0 aliphatic carbocycles. The van der Waals surface area contributed by atoms with Crippen LogP contribution in [0.25, 0.3) is 11.1 Å². The third-order valence-corrected chi connectivity index (χ3v) is 5.62. The van der Waals surface area contributed by atoms with Crippen molar-refractivity contribution >= 4 is 10.0 Å². The monoisotopic (exact) mass is 356 g/mol. The van der Waals surface area contributed by atoms with Gasteiger partial charge in [-0.3, -0.25) is 0 Å². The van der Waals surface area contributed by atoms with Crippen LogP contribution in [0.5, 0.6) is 0 Å². The SMILES string of the molecule is Cc1ccccc1CNS(=O)(=O)c1ccc(-c2c(C)noc2C)cc1. The number of aryl methyl sites for hydroxylation is 3. The number of benzene rings is 2. The van der Waals surface area contributed by atoms with E-state index in [0.717, 1.165) is 27.9 Å². The molecule has 0 atom stereocenters. The lowest BCUT2D eigenvalue weighted by atomic mass is 10.0. The van der Waals surface area contributed by atoms with Crippen molar-refractivity contribution in [2.45, 2.75) is 32.2 Å². The maximum Gasteiger partial charge on any atom is 0.240 e. The maximum atomic E-state index is 12.5. The van der Waals surface area contributed by atoms with Crippen LogP contribution in [0, 0.1) is 20.8 Å². The van der Waals surface area contributed by atoms with Crippen molar-refractivity contribution in [1.29, 1.82) is 0 Å². The molecule has 130 valence electrons. The van der Waals surface area contributed by atoms with Crippen molar-refractivity contribution < 1.29 is 12.9 Å². The highest BCUT2D eigenvalue weighted by Crippen LogP contribution is 2.27. The standard InChI is InChI=1S/C19H20N2O3S/c1-13-6-4-5-7-17(13)12-20-25(22,23)18-10-8-16(9-11-18)19-14(2)21-24-15(19)3/h4-11,20H,12H2,1-3H3. The van der Waals surface area contributed by atoms with Crippen molar-refractivity contribution in [3.8, 4) is 11.1 Å². The fourth-order valence-corrected chi connectivity index (χ4v) is 3.77. The van der Waals surface area contributed by atoms with Crippen molar-refractivity contribution in [2.24, 2.45) is 0 Å². The Hall–Kier alpha value is -2.44. The molecular weight excluding hydrogens is 336 g/mol. The number of sulfonamides is 1. The Morgan fingerprint density at radius 1 is 1.00 bits per heavy atom. The molecule has 2 aromatic carbocycles. The van der Waals surface area contributed by atoms with Gasteiger partial charge in [0.05, 0.1) is 10.6 Å². The molecule has 0 saturated heterocycles. The summed E-state index contributed by atoms with van der Waals surface area (Å²) in [5.74, 6) is 0.714. The van der Waals surface area contributed by atoms with Crippen molar-refractivity contribution in [3.05, 3.63) is 71.1 Å². The lowest BCUT2D eigenvalue weighted by Gasteiger charge is -2.09. The van der Waals surface area contributed by atoms with E-state index in [1.54, 1.807) is 24.3 Å². The summed E-state index contributed by atoms with van der Waals surface area (Å²) in [5, 5.41) is 3.93. The first kappa shape index (κ1) is 17.4. The van der Waals surface area contributed by atoms with Gasteiger partial charge in [-0.1, -0.05) is 41.6 Å². The van der Waals surface area contributed by atoms with E-state index in [2.05, 4.69) is 9.88 Å². The third-order valence-electron chi connectivity index (χ3n) is 4.20. The highest BCUT2D eigenvalue weighted by molar-refractivity contribution is 7.89. The van der Waals surface area contributed by atoms with Gasteiger partial charge in [0.2, 0.25) is 10.0 Å². The Labute approximate surface area is 147 Å². The molecule has 0 spiro atoms. The fourth-order valence-electron chi connectivity index (χ4n) is 2.76. The summed E-state index contributed by atoms with van der Waals surface area (Å²) in [6.07, 6.45) is 0. The Morgan fingerprint density at radius 3 is 2.28 bits per heavy atom. The molecular formula is C19H20N2O3S. The first-order valence-corrected chi connectivity index (χ1v) is 9.44. The average Bonchev–Trinajstić information content (AvgIpc) is 2.93. The van der Waals surface area contributed by atoms with Crippen LogP contribution in [0.15, 0.2) is 57.9 Å². The van der Waals surface area contributed by atoms with Crippen LogP contribution in [-0.4, -0.2) is 13.6 Å². The van der Waals surface area contributed by atoms with E-state index in [9.17, 15) is 8.42 Å². The molecule has 0 bridgehead atoms. The second kappa shape index (κ2) is 6.82. The van der Waals surface area contributed by atoms with Gasteiger partial charge in [0.1, 0.15) is 5.76 Å². The van der Waals surface area contributed by atoms with E-state index in [-0.39, 0.29) is 11.4 Å². The minimum absolute atomic E-state index is 0.233. The second-order valence-corrected chi connectivity index (χ2v) is 7.74. The van der Waals surface area contributed by atoms with Crippen LogP contribution in [0.4, 0.5) is 0 Å². The largest absolute Gasteiger partial charge is 0.361 e. The summed E-state index contributed by atoms with van der Waals surface area (Å²) >= 11 is 0. The number of nitrogens with zero attached hydrogens (tertiary/aromatic N) is 1. The first-order valence-electron chi connectivity index (χ1n) is 7.96. The van der Waals surface area contributed by atoms with E-state index in [1.807, 2.05) is 45.0 Å². The molecule has 6 heteroatoms. The highest BCUT2D eigenvalue weighted by atomic mass is 32.2. The van der Waals surface area contributed by atoms with E-state index < -0.39 is 10.0 Å². The van der Waals surface area contributed by atoms with E-state index >= 15 is 0 Å². The van der Waals surface area contributed by atoms with Gasteiger partial charge in [0, 0.05) is 12.1 Å². The number of hydrogen-bond acceptors (Lipinski definition) is 4. The molecule has 3 rings (SSSR count). The third kappa shape index (κ3) is 3.65. The van der Waals surface area contributed by atoms with Crippen LogP contribution >= 0.6 is 0 Å². The van der Waals surface area contributed by atoms with Crippen LogP contribution in [-0.2, 0) is 16.6 Å². The molecule has 0 aliphatic heterocycles. The van der Waals surface area contributed by atoms with Gasteiger partial charge in [-0.15, -0.1) is 0 Å². The van der Waals surface area contributed by atoms with Crippen LogP contribution in [0.1, 0.15) is 22.6 Å². The predicted molar refractivity (Wildman–Crippen MR) is 96.6 cm³/mol. The predicted octanol–water partition coefficient (Wildman–Crippen LogP) is 3.75. The van der Waals surface area contributed by atoms with Gasteiger partial charge in [-0.05, 0) is 49.6 Å². The molecule has 25 heavy (non-hydrogen) atoms. The Bertz CT molecular complexity index is 970. The number of rotatable bonds is 5. The zero-order chi connectivity index (χ0) is 18.0. The summed E-state index contributed by atoms with van der Waals surface area (Å²) in [5.41, 5.74) is 4.58. The lowest BCUT2D eigenvalue weighted by Crippen LogP contribution is -2.23. The van der Waals surface area contributed by atoms with Crippen LogP contribution in [0.2, 0.25) is 0 Å². The lowest BCUT2D eigenvalue weighted by molar-refractivity contribution is 0.393. The van der Waals surface area contributed by atoms with Crippen molar-refractivity contribution in [2.75, 3.05) is 0 Å². The van der Waals surface area contributed by atoms with E-state index in [1.165, 1.54) is 0 Å².